The Morgan fingerprint density at radius 1 is 0.181 bits per heavy atom. The predicted octanol–water partition coefficient (Wildman–Crippen LogP) is 26.1. The van der Waals surface area contributed by atoms with E-state index in [1.807, 2.05) is 72.8 Å². The lowest BCUT2D eigenvalue weighted by atomic mass is 10.1. The summed E-state index contributed by atoms with van der Waals surface area (Å²) >= 11 is 0. The zero-order valence-corrected chi connectivity index (χ0v) is 81.3. The number of hydrogen-bond acceptors (Lipinski definition) is 1. The van der Waals surface area contributed by atoms with Gasteiger partial charge in [0.05, 0.1) is 77.6 Å². The Bertz CT molecular complexity index is 9090. The Morgan fingerprint density at radius 3 is 0.833 bits per heavy atom. The van der Waals surface area contributed by atoms with E-state index in [9.17, 15) is 5.26 Å². The molecule has 144 heavy (non-hydrogen) atoms. The van der Waals surface area contributed by atoms with Crippen molar-refractivity contribution in [2.24, 2.45) is 0 Å². The van der Waals surface area contributed by atoms with E-state index in [4.69, 9.17) is 32.9 Å². The van der Waals surface area contributed by atoms with Crippen molar-refractivity contribution in [2.75, 3.05) is 0 Å². The number of aromatic nitrogens is 3. The molecule has 3 aromatic heterocycles. The number of rotatable bonds is 18. The van der Waals surface area contributed by atoms with Crippen molar-refractivity contribution in [3.63, 3.8) is 0 Å². The fourth-order valence-corrected chi connectivity index (χ4v) is 36.2. The topological polar surface area (TPSA) is 60.4 Å². The molecule has 0 aliphatic rings. The summed E-state index contributed by atoms with van der Waals surface area (Å²) in [4.78, 5) is 18.4. The van der Waals surface area contributed by atoms with Crippen LogP contribution in [-0.4, -0.2) is 37.9 Å². The summed E-state index contributed by atoms with van der Waals surface area (Å²) in [6.07, 6.45) is 0. The lowest BCUT2D eigenvalue weighted by Crippen LogP contribution is -2.75. The summed E-state index contributed by atoms with van der Waals surface area (Å²) in [5, 5.41) is 31.7. The minimum Gasteiger partial charge on any atom is -0.309 e. The second-order valence-corrected chi connectivity index (χ2v) is 47.2. The van der Waals surface area contributed by atoms with Crippen molar-refractivity contribution >= 4 is 180 Å². The smallest absolute Gasteiger partial charge is 0.188 e. The summed E-state index contributed by atoms with van der Waals surface area (Å²) in [7, 11) is -8.31. The Morgan fingerprint density at radius 2 is 0.451 bits per heavy atom. The van der Waals surface area contributed by atoms with Crippen LogP contribution in [0.2, 0.25) is 0 Å². The number of nitriles is 1. The van der Waals surface area contributed by atoms with Crippen molar-refractivity contribution < 1.29 is 0 Å². The number of para-hydroxylation sites is 3. The fraction of sp³-hybridized carbons (Fsp3) is 0. The highest BCUT2D eigenvalue weighted by Crippen LogP contribution is 2.40. The third kappa shape index (κ3) is 16.1. The standard InChI is InChI=1S/3C44H29N3Si/c1-45-34-22-27-40(28-23-34)48(37-14-5-3-6-15-37,38-16-7-4-8-17-38)39-25-20-32(21-26-39)33-12-11-13-36(30-33)47-43-19-10-9-18-41(43)42-31-35(46-2)24-29-44(42)47;1-45-34-22-27-39(28-23-34)48(37-13-5-3-6-14-37,38-15-7-4-8-16-38)40-17-11-12-33(30-40)32-20-25-36(26-21-32)47-43-19-10-9-18-41(43)42-31-35(46-2)24-29-44(42)47;1-46-34-24-29-43-41(30-34)40-17-8-10-18-42(40)47(43)35-25-22-33(23-26-35)39-16-9-11-19-44(39)48(36-12-4-2-5-13-36,37-14-6-3-7-15-37)38-27-20-32(31-45)21-28-38/h2*3-31H;2-30H. The van der Waals surface area contributed by atoms with Crippen molar-refractivity contribution in [2.45, 2.75) is 0 Å². The van der Waals surface area contributed by atoms with Gasteiger partial charge in [-0.1, -0.05) is 425 Å². The monoisotopic (exact) mass is 1880 g/mol. The van der Waals surface area contributed by atoms with Crippen LogP contribution in [0.5, 0.6) is 0 Å². The molecule has 3 heterocycles. The quantitative estimate of drug-likeness (QED) is 0.0480. The minimum atomic E-state index is -2.85. The van der Waals surface area contributed by atoms with Crippen molar-refractivity contribution in [1.82, 2.24) is 13.7 Å². The van der Waals surface area contributed by atoms with E-state index in [0.29, 0.717) is 34.0 Å². The summed E-state index contributed by atoms with van der Waals surface area (Å²) in [5.74, 6) is 0. The van der Waals surface area contributed by atoms with Gasteiger partial charge in [-0.25, -0.2) is 24.2 Å². The van der Waals surface area contributed by atoms with Crippen LogP contribution in [0.4, 0.5) is 28.4 Å². The van der Waals surface area contributed by atoms with Gasteiger partial charge in [0, 0.05) is 33.2 Å². The molecule has 0 N–H and O–H groups in total. The van der Waals surface area contributed by atoms with Crippen molar-refractivity contribution in [3.8, 4) is 56.5 Å². The molecule has 0 aliphatic heterocycles. The molecule has 12 heteroatoms. The zero-order valence-electron chi connectivity index (χ0n) is 78.3. The summed E-state index contributed by atoms with van der Waals surface area (Å²) in [5.41, 5.74) is 20.6. The highest BCUT2D eigenvalue weighted by molar-refractivity contribution is 7.21. The van der Waals surface area contributed by atoms with E-state index < -0.39 is 24.2 Å². The summed E-state index contributed by atoms with van der Waals surface area (Å²) in [6.45, 7) is 37.7. The second-order valence-electron chi connectivity index (χ2n) is 35.8. The van der Waals surface area contributed by atoms with Gasteiger partial charge in [0.15, 0.2) is 52.7 Å². The average molecular weight is 1880 g/mol. The van der Waals surface area contributed by atoms with E-state index in [-0.39, 0.29) is 0 Å². The molecule has 0 aliphatic carbocycles. The molecule has 24 aromatic rings. The van der Waals surface area contributed by atoms with Gasteiger partial charge in [0.2, 0.25) is 0 Å². The molecule has 0 unspecified atom stereocenters. The number of benzene rings is 21. The van der Waals surface area contributed by atoms with E-state index in [0.717, 1.165) is 110 Å². The molecule has 0 amide bonds. The molecule has 0 bridgehead atoms. The minimum absolute atomic E-state index is 0.643. The van der Waals surface area contributed by atoms with Gasteiger partial charge in [-0.3, -0.25) is 0 Å². The molecule has 0 fully saturated rings. The SMILES string of the molecule is [C-]#[N+]c1ccc([Si](c2ccccc2)(c2ccccc2)c2ccc(-c3cccc(-n4c5ccccc5c5cc([N+]#[C-])ccc54)c3)cc2)cc1.[C-]#[N+]c1ccc([Si](c2ccccc2)(c2ccccc2)c2cccc(-c3ccc(-n4c5ccccc5c5cc([N+]#[C-])ccc54)cc3)c2)cc1.[C-]#[N+]c1ccc2c(c1)c1ccccc1n2-c1ccc(-c2ccccc2[Si](c2ccccc2)(c2ccccc2)c2ccc(C#N)cc2)cc1. The normalized spacial score (nSPS) is 11.3. The predicted molar refractivity (Wildman–Crippen MR) is 606 cm³/mol. The van der Waals surface area contributed by atoms with E-state index in [2.05, 4.69) is 499 Å². The van der Waals surface area contributed by atoms with Crippen LogP contribution in [0.15, 0.2) is 528 Å². The Labute approximate surface area is 839 Å². The maximum Gasteiger partial charge on any atom is 0.188 e. The lowest BCUT2D eigenvalue weighted by Gasteiger charge is -2.36. The van der Waals surface area contributed by atoms with Crippen LogP contribution in [-0.2, 0) is 0 Å². The van der Waals surface area contributed by atoms with Gasteiger partial charge >= 0.3 is 0 Å². The third-order valence-corrected chi connectivity index (χ3v) is 42.6. The molecule has 0 radical (unpaired) electrons. The number of fused-ring (bicyclic) bond motifs is 9. The van der Waals surface area contributed by atoms with E-state index >= 15 is 0 Å². The van der Waals surface area contributed by atoms with E-state index in [1.54, 1.807) is 0 Å². The first kappa shape index (κ1) is 89.8. The van der Waals surface area contributed by atoms with Gasteiger partial charge in [0.1, 0.15) is 0 Å². The highest BCUT2D eigenvalue weighted by atomic mass is 28.3. The second kappa shape index (κ2) is 39.2. The summed E-state index contributed by atoms with van der Waals surface area (Å²) in [6, 6.07) is 189. The molecular formula is C132H87N9Si3. The van der Waals surface area contributed by atoms with Gasteiger partial charge in [0.25, 0.3) is 0 Å². The maximum atomic E-state index is 9.65. The molecule has 21 aromatic carbocycles. The lowest BCUT2D eigenvalue weighted by molar-refractivity contribution is 1.18. The van der Waals surface area contributed by atoms with Crippen LogP contribution < -0.4 is 62.2 Å². The van der Waals surface area contributed by atoms with Gasteiger partial charge in [-0.2, -0.15) is 5.26 Å². The average Bonchev–Trinajstić information content (AvgIpc) is 1.21. The zero-order chi connectivity index (χ0) is 97.5. The van der Waals surface area contributed by atoms with E-state index in [1.165, 1.54) is 67.8 Å². The molecule has 672 valence electrons. The number of hydrogen-bond donors (Lipinski definition) is 0. The molecular weight excluding hydrogens is 1800 g/mol. The highest BCUT2D eigenvalue weighted by Gasteiger charge is 2.45. The van der Waals surface area contributed by atoms with Crippen LogP contribution in [0, 0.1) is 44.2 Å². The van der Waals surface area contributed by atoms with Crippen LogP contribution in [0.25, 0.3) is 140 Å². The van der Waals surface area contributed by atoms with Gasteiger partial charge < -0.3 is 13.7 Å². The fourth-order valence-electron chi connectivity index (χ4n) is 21.7. The third-order valence-electron chi connectivity index (χ3n) is 28.2. The van der Waals surface area contributed by atoms with Gasteiger partial charge in [-0.15, -0.1) is 0 Å². The first-order valence-electron chi connectivity index (χ1n) is 47.8. The van der Waals surface area contributed by atoms with Crippen molar-refractivity contribution in [1.29, 1.82) is 5.26 Å². The van der Waals surface area contributed by atoms with Crippen LogP contribution in [0.3, 0.4) is 0 Å². The first-order valence-corrected chi connectivity index (χ1v) is 53.8. The Balaban J connectivity index is 0.000000123. The molecule has 0 atom stereocenters. The number of nitrogens with zero attached hydrogens (tertiary/aromatic N) is 9. The Hall–Kier alpha value is -19.4. The first-order chi connectivity index (χ1) is 71.1. The van der Waals surface area contributed by atoms with Crippen LogP contribution in [0.1, 0.15) is 5.56 Å². The summed E-state index contributed by atoms with van der Waals surface area (Å²) < 4.78 is 6.87. The molecule has 9 nitrogen and oxygen atoms in total. The van der Waals surface area contributed by atoms with Crippen LogP contribution >= 0.6 is 0 Å². The maximum absolute atomic E-state index is 9.65. The van der Waals surface area contributed by atoms with Crippen molar-refractivity contribution in [3.05, 3.63) is 590 Å². The molecule has 24 rings (SSSR count). The molecule has 0 saturated heterocycles. The Kier molecular flexibility index (Phi) is 24.5. The van der Waals surface area contributed by atoms with Gasteiger partial charge in [-0.05, 0) is 215 Å². The molecule has 0 spiro atoms. The molecule has 0 saturated carbocycles. The largest absolute Gasteiger partial charge is 0.309 e.